The fraction of sp³-hybridized carbons (Fsp3) is 0.571. The molecule has 0 aliphatic heterocycles. The van der Waals surface area contributed by atoms with E-state index in [0.717, 1.165) is 12.2 Å². The van der Waals surface area contributed by atoms with Gasteiger partial charge in [0.2, 0.25) is 10.0 Å². The second-order valence-corrected chi connectivity index (χ2v) is 8.01. The van der Waals surface area contributed by atoms with Crippen LogP contribution >= 0.6 is 11.8 Å². The number of benzene rings is 1. The molecule has 2 N–H and O–H groups in total. The number of hydrogen-bond acceptors (Lipinski definition) is 5. The summed E-state index contributed by atoms with van der Waals surface area (Å²) in [6, 6.07) is 6.90. The summed E-state index contributed by atoms with van der Waals surface area (Å²) in [6.45, 7) is 2.06. The Labute approximate surface area is 131 Å². The van der Waals surface area contributed by atoms with Gasteiger partial charge in [0.15, 0.2) is 0 Å². The Kier molecular flexibility index (Phi) is 7.34. The number of rotatable bonds is 9. The molecule has 1 aromatic rings. The summed E-state index contributed by atoms with van der Waals surface area (Å²) >= 11 is 1.72. The number of sulfonamides is 1. The molecule has 21 heavy (non-hydrogen) atoms. The van der Waals surface area contributed by atoms with Crippen molar-refractivity contribution in [2.45, 2.75) is 19.4 Å². The minimum Gasteiger partial charge on any atom is -0.492 e. The van der Waals surface area contributed by atoms with Gasteiger partial charge in [0, 0.05) is 18.8 Å². The molecule has 0 aliphatic carbocycles. The van der Waals surface area contributed by atoms with Crippen LogP contribution in [0.1, 0.15) is 13.3 Å². The smallest absolute Gasteiger partial charge is 0.217 e. The molecule has 0 saturated heterocycles. The maximum atomic E-state index is 12.2. The van der Waals surface area contributed by atoms with Gasteiger partial charge >= 0.3 is 0 Å². The van der Waals surface area contributed by atoms with Gasteiger partial charge in [-0.1, -0.05) is 0 Å². The molecule has 0 saturated carbocycles. The Bertz CT molecular complexity index is 518. The molecule has 0 aromatic heterocycles. The molecule has 0 bridgehead atoms. The van der Waals surface area contributed by atoms with Crippen LogP contribution in [0.15, 0.2) is 24.3 Å². The van der Waals surface area contributed by atoms with Crippen LogP contribution in [0.2, 0.25) is 0 Å². The Hall–Kier alpha value is -0.920. The van der Waals surface area contributed by atoms with Crippen molar-refractivity contribution in [3.8, 4) is 5.75 Å². The van der Waals surface area contributed by atoms with Crippen molar-refractivity contribution >= 4 is 27.5 Å². The zero-order valence-corrected chi connectivity index (χ0v) is 14.4. The van der Waals surface area contributed by atoms with Crippen LogP contribution in [0.25, 0.3) is 0 Å². The molecule has 0 heterocycles. The molecule has 0 amide bonds. The zero-order chi connectivity index (χ0) is 15.9. The van der Waals surface area contributed by atoms with Gasteiger partial charge in [-0.3, -0.25) is 0 Å². The summed E-state index contributed by atoms with van der Waals surface area (Å²) in [7, 11) is -1.67. The van der Waals surface area contributed by atoms with E-state index in [2.05, 4.69) is 0 Å². The molecule has 1 atom stereocenters. The number of nitrogens with two attached hydrogens (primary N) is 1. The summed E-state index contributed by atoms with van der Waals surface area (Å²) in [4.78, 5) is 0. The van der Waals surface area contributed by atoms with E-state index in [1.54, 1.807) is 43.1 Å². The SMILES string of the molecule is CSCCC(C)N(C)S(=O)(=O)CCOc1ccc(N)cc1. The number of ether oxygens (including phenoxy) is 1. The van der Waals surface area contributed by atoms with Gasteiger partial charge in [-0.15, -0.1) is 0 Å². The lowest BCUT2D eigenvalue weighted by Crippen LogP contribution is -2.38. The van der Waals surface area contributed by atoms with Crippen LogP contribution in [-0.2, 0) is 10.0 Å². The Morgan fingerprint density at radius 2 is 1.95 bits per heavy atom. The largest absolute Gasteiger partial charge is 0.492 e. The second kappa shape index (κ2) is 8.51. The molecule has 120 valence electrons. The van der Waals surface area contributed by atoms with Crippen LogP contribution in [0.4, 0.5) is 5.69 Å². The topological polar surface area (TPSA) is 72.6 Å². The highest BCUT2D eigenvalue weighted by molar-refractivity contribution is 7.98. The van der Waals surface area contributed by atoms with E-state index < -0.39 is 10.0 Å². The van der Waals surface area contributed by atoms with E-state index >= 15 is 0 Å². The minimum atomic E-state index is -3.29. The highest BCUT2D eigenvalue weighted by Crippen LogP contribution is 2.14. The summed E-state index contributed by atoms with van der Waals surface area (Å²) in [5, 5.41) is 0. The second-order valence-electron chi connectivity index (χ2n) is 4.88. The predicted octanol–water partition coefficient (Wildman–Crippen LogP) is 2.05. The first-order valence-electron chi connectivity index (χ1n) is 6.80. The molecule has 1 rings (SSSR count). The molecule has 1 aromatic carbocycles. The lowest BCUT2D eigenvalue weighted by atomic mass is 10.3. The third-order valence-corrected chi connectivity index (χ3v) is 5.85. The van der Waals surface area contributed by atoms with Gasteiger partial charge in [0.1, 0.15) is 12.4 Å². The fourth-order valence-electron chi connectivity index (χ4n) is 1.72. The van der Waals surface area contributed by atoms with Crippen molar-refractivity contribution < 1.29 is 13.2 Å². The molecular weight excluding hydrogens is 308 g/mol. The van der Waals surface area contributed by atoms with Gasteiger partial charge in [-0.25, -0.2) is 12.7 Å². The van der Waals surface area contributed by atoms with E-state index in [1.165, 1.54) is 4.31 Å². The molecule has 5 nitrogen and oxygen atoms in total. The summed E-state index contributed by atoms with van der Waals surface area (Å²) in [6.07, 6.45) is 2.86. The lowest BCUT2D eigenvalue weighted by molar-refractivity contribution is 0.330. The maximum absolute atomic E-state index is 12.2. The molecule has 1 unspecified atom stereocenters. The lowest BCUT2D eigenvalue weighted by Gasteiger charge is -2.24. The first-order chi connectivity index (χ1) is 9.86. The Morgan fingerprint density at radius 3 is 2.52 bits per heavy atom. The van der Waals surface area contributed by atoms with E-state index in [-0.39, 0.29) is 18.4 Å². The first kappa shape index (κ1) is 18.1. The summed E-state index contributed by atoms with van der Waals surface area (Å²) in [5.41, 5.74) is 6.23. The molecule has 0 aliphatic rings. The number of nitrogens with zero attached hydrogens (tertiary/aromatic N) is 1. The monoisotopic (exact) mass is 332 g/mol. The Morgan fingerprint density at radius 1 is 1.33 bits per heavy atom. The zero-order valence-electron chi connectivity index (χ0n) is 12.8. The van der Waals surface area contributed by atoms with Gasteiger partial charge in [0.25, 0.3) is 0 Å². The third-order valence-electron chi connectivity index (χ3n) is 3.29. The average Bonchev–Trinajstić information content (AvgIpc) is 2.45. The molecular formula is C14H24N2O3S2. The number of thioether (sulfide) groups is 1. The van der Waals surface area contributed by atoms with Crippen LogP contribution in [0, 0.1) is 0 Å². The minimum absolute atomic E-state index is 0.000950. The molecule has 7 heteroatoms. The van der Waals surface area contributed by atoms with Gasteiger partial charge < -0.3 is 10.5 Å². The van der Waals surface area contributed by atoms with Crippen LogP contribution in [-0.4, -0.2) is 50.2 Å². The fourth-order valence-corrected chi connectivity index (χ4v) is 3.53. The number of nitrogen functional groups attached to an aromatic ring is 1. The normalized spacial score (nSPS) is 13.3. The predicted molar refractivity (Wildman–Crippen MR) is 90.4 cm³/mol. The van der Waals surface area contributed by atoms with Crippen LogP contribution in [0.5, 0.6) is 5.75 Å². The summed E-state index contributed by atoms with van der Waals surface area (Å²) < 4.78 is 31.3. The first-order valence-corrected chi connectivity index (χ1v) is 9.80. The van der Waals surface area contributed by atoms with E-state index in [1.807, 2.05) is 13.2 Å². The number of hydrogen-bond donors (Lipinski definition) is 1. The van der Waals surface area contributed by atoms with E-state index in [4.69, 9.17) is 10.5 Å². The standard InChI is InChI=1S/C14H24N2O3S2/c1-12(8-10-20-3)16(2)21(17,18)11-9-19-14-6-4-13(15)5-7-14/h4-7,12H,8-11,15H2,1-3H3. The molecule has 0 radical (unpaired) electrons. The van der Waals surface area contributed by atoms with E-state index in [0.29, 0.717) is 11.4 Å². The van der Waals surface area contributed by atoms with Crippen molar-refractivity contribution in [3.05, 3.63) is 24.3 Å². The Balaban J connectivity index is 2.46. The van der Waals surface area contributed by atoms with Crippen LogP contribution < -0.4 is 10.5 Å². The van der Waals surface area contributed by atoms with Crippen LogP contribution in [0.3, 0.4) is 0 Å². The number of anilines is 1. The van der Waals surface area contributed by atoms with Crippen molar-refractivity contribution in [1.82, 2.24) is 4.31 Å². The highest BCUT2D eigenvalue weighted by Gasteiger charge is 2.22. The van der Waals surface area contributed by atoms with Gasteiger partial charge in [-0.2, -0.15) is 11.8 Å². The highest BCUT2D eigenvalue weighted by atomic mass is 32.2. The van der Waals surface area contributed by atoms with Gasteiger partial charge in [-0.05, 0) is 49.6 Å². The molecule has 0 fully saturated rings. The van der Waals surface area contributed by atoms with Gasteiger partial charge in [0.05, 0.1) is 5.75 Å². The van der Waals surface area contributed by atoms with Crippen molar-refractivity contribution in [1.29, 1.82) is 0 Å². The third kappa shape index (κ3) is 6.15. The maximum Gasteiger partial charge on any atom is 0.217 e. The van der Waals surface area contributed by atoms with Crippen molar-refractivity contribution in [2.24, 2.45) is 0 Å². The summed E-state index contributed by atoms with van der Waals surface area (Å²) in [5.74, 6) is 1.54. The van der Waals surface area contributed by atoms with E-state index in [9.17, 15) is 8.42 Å². The van der Waals surface area contributed by atoms with Crippen molar-refractivity contribution in [2.75, 3.05) is 37.1 Å². The quantitative estimate of drug-likeness (QED) is 0.701. The molecule has 0 spiro atoms. The average molecular weight is 332 g/mol. The van der Waals surface area contributed by atoms with Crippen molar-refractivity contribution in [3.63, 3.8) is 0 Å².